The van der Waals surface area contributed by atoms with Gasteiger partial charge in [-0.3, -0.25) is 0 Å². The zero-order valence-corrected chi connectivity index (χ0v) is 11.1. The molecular weight excluding hydrogens is 277 g/mol. The highest BCUT2D eigenvalue weighted by Gasteiger charge is 2.38. The molecule has 0 aromatic heterocycles. The molecule has 0 N–H and O–H groups in total. The quantitative estimate of drug-likeness (QED) is 0.800. The third-order valence-corrected chi connectivity index (χ3v) is 5.27. The van der Waals surface area contributed by atoms with Crippen molar-refractivity contribution in [3.63, 3.8) is 0 Å². The van der Waals surface area contributed by atoms with Crippen molar-refractivity contribution in [3.8, 4) is 0 Å². The van der Waals surface area contributed by atoms with E-state index < -0.39 is 27.5 Å². The van der Waals surface area contributed by atoms with Gasteiger partial charge in [0.1, 0.15) is 5.82 Å². The lowest BCUT2D eigenvalue weighted by molar-refractivity contribution is -0.0489. The van der Waals surface area contributed by atoms with E-state index in [1.54, 1.807) is 0 Å². The predicted octanol–water partition coefficient (Wildman–Crippen LogP) is 3.42. The van der Waals surface area contributed by atoms with Gasteiger partial charge < -0.3 is 0 Å². The van der Waals surface area contributed by atoms with Crippen LogP contribution in [0.25, 0.3) is 0 Å². The monoisotopic (exact) mass is 292 g/mol. The highest BCUT2D eigenvalue weighted by Crippen LogP contribution is 2.37. The molecule has 1 atom stereocenters. The molecule has 0 heterocycles. The molecule has 0 aliphatic heterocycles. The van der Waals surface area contributed by atoms with Crippen molar-refractivity contribution in [2.24, 2.45) is 5.92 Å². The van der Waals surface area contributed by atoms with E-state index >= 15 is 0 Å². The second-order valence-corrected chi connectivity index (χ2v) is 7.09. The first kappa shape index (κ1) is 14.4. The first-order valence-electron chi connectivity index (χ1n) is 6.15. The summed E-state index contributed by atoms with van der Waals surface area (Å²) in [7, 11) is -3.63. The normalized spacial score (nSPS) is 23.2. The van der Waals surface area contributed by atoms with E-state index in [0.29, 0.717) is 12.8 Å². The van der Waals surface area contributed by atoms with E-state index in [1.807, 2.05) is 0 Å². The van der Waals surface area contributed by atoms with Gasteiger partial charge in [-0.25, -0.2) is 21.6 Å². The van der Waals surface area contributed by atoms with E-state index in [1.165, 1.54) is 12.1 Å². The van der Waals surface area contributed by atoms with Crippen LogP contribution in [0.1, 0.15) is 25.7 Å². The molecule has 106 valence electrons. The summed E-state index contributed by atoms with van der Waals surface area (Å²) in [5.41, 5.74) is 0. The average molecular weight is 292 g/mol. The second kappa shape index (κ2) is 5.15. The van der Waals surface area contributed by atoms with E-state index in [0.717, 1.165) is 12.1 Å². The molecule has 1 aromatic rings. The zero-order valence-electron chi connectivity index (χ0n) is 10.3. The van der Waals surface area contributed by atoms with Crippen LogP contribution in [0.3, 0.4) is 0 Å². The molecule has 1 aliphatic carbocycles. The van der Waals surface area contributed by atoms with E-state index in [9.17, 15) is 21.6 Å². The van der Waals surface area contributed by atoms with Crippen molar-refractivity contribution in [3.05, 3.63) is 30.1 Å². The van der Waals surface area contributed by atoms with Gasteiger partial charge in [0.05, 0.1) is 10.6 Å². The summed E-state index contributed by atoms with van der Waals surface area (Å²) >= 11 is 0. The maximum Gasteiger partial charge on any atom is 0.248 e. The van der Waals surface area contributed by atoms with Gasteiger partial charge in [-0.1, -0.05) is 0 Å². The Kier molecular flexibility index (Phi) is 3.90. The van der Waals surface area contributed by atoms with Crippen LogP contribution in [0, 0.1) is 11.7 Å². The molecule has 2 rings (SSSR count). The van der Waals surface area contributed by atoms with Crippen LogP contribution in [0.5, 0.6) is 0 Å². The average Bonchev–Trinajstić information content (AvgIpc) is 2.27. The van der Waals surface area contributed by atoms with Crippen LogP contribution in [-0.2, 0) is 9.84 Å². The summed E-state index contributed by atoms with van der Waals surface area (Å²) in [6.45, 7) is 0. The SMILES string of the molecule is O=S(=O)(CC1CCCC(F)(F)C1)c1ccc(F)cc1. The van der Waals surface area contributed by atoms with Gasteiger partial charge in [0.2, 0.25) is 5.92 Å². The maximum atomic E-state index is 13.2. The smallest absolute Gasteiger partial charge is 0.224 e. The topological polar surface area (TPSA) is 34.1 Å². The molecular formula is C13H15F3O2S. The molecule has 1 aliphatic rings. The highest BCUT2D eigenvalue weighted by atomic mass is 32.2. The van der Waals surface area contributed by atoms with Crippen LogP contribution < -0.4 is 0 Å². The Morgan fingerprint density at radius 1 is 1.21 bits per heavy atom. The standard InChI is InChI=1S/C13H15F3O2S/c14-11-3-5-12(6-4-11)19(17,18)9-10-2-1-7-13(15,16)8-10/h3-6,10H,1-2,7-9H2. The number of halogens is 3. The van der Waals surface area contributed by atoms with Gasteiger partial charge in [-0.2, -0.15) is 0 Å². The molecule has 0 radical (unpaired) electrons. The maximum absolute atomic E-state index is 13.2. The predicted molar refractivity (Wildman–Crippen MR) is 65.4 cm³/mol. The van der Waals surface area contributed by atoms with Crippen molar-refractivity contribution >= 4 is 9.84 Å². The van der Waals surface area contributed by atoms with Crippen LogP contribution in [0.2, 0.25) is 0 Å². The molecule has 1 aromatic carbocycles. The van der Waals surface area contributed by atoms with Gasteiger partial charge in [0.15, 0.2) is 9.84 Å². The fourth-order valence-corrected chi connectivity index (χ4v) is 4.11. The van der Waals surface area contributed by atoms with Crippen molar-refractivity contribution in [2.75, 3.05) is 5.75 Å². The Labute approximate surface area is 110 Å². The molecule has 0 bridgehead atoms. The number of alkyl halides is 2. The lowest BCUT2D eigenvalue weighted by Crippen LogP contribution is -2.30. The van der Waals surface area contributed by atoms with Gasteiger partial charge in [0, 0.05) is 12.8 Å². The first-order chi connectivity index (χ1) is 8.78. The largest absolute Gasteiger partial charge is 0.248 e. The summed E-state index contributed by atoms with van der Waals surface area (Å²) in [4.78, 5) is -0.0113. The van der Waals surface area contributed by atoms with Crippen molar-refractivity contribution in [1.82, 2.24) is 0 Å². The summed E-state index contributed by atoms with van der Waals surface area (Å²) in [5, 5.41) is 0. The van der Waals surface area contributed by atoms with Gasteiger partial charge in [0.25, 0.3) is 0 Å². The lowest BCUT2D eigenvalue weighted by Gasteiger charge is -2.28. The Hall–Kier alpha value is -1.04. The number of sulfone groups is 1. The Morgan fingerprint density at radius 3 is 2.42 bits per heavy atom. The van der Waals surface area contributed by atoms with Crippen LogP contribution in [-0.4, -0.2) is 20.1 Å². The fourth-order valence-electron chi connectivity index (χ4n) is 2.47. The van der Waals surface area contributed by atoms with Gasteiger partial charge >= 0.3 is 0 Å². The minimum absolute atomic E-state index is 0.0113. The molecule has 6 heteroatoms. The van der Waals surface area contributed by atoms with E-state index in [-0.39, 0.29) is 23.5 Å². The number of benzene rings is 1. The molecule has 19 heavy (non-hydrogen) atoms. The number of hydrogen-bond donors (Lipinski definition) is 0. The number of hydrogen-bond acceptors (Lipinski definition) is 2. The van der Waals surface area contributed by atoms with Gasteiger partial charge in [-0.05, 0) is 43.0 Å². The molecule has 0 amide bonds. The first-order valence-corrected chi connectivity index (χ1v) is 7.80. The summed E-state index contributed by atoms with van der Waals surface area (Å²) in [6.07, 6.45) is 0.292. The molecule has 1 unspecified atom stereocenters. The van der Waals surface area contributed by atoms with Crippen LogP contribution in [0.15, 0.2) is 29.2 Å². The molecule has 2 nitrogen and oxygen atoms in total. The Bertz CT molecular complexity index is 538. The molecule has 0 spiro atoms. The molecule has 0 saturated heterocycles. The molecule has 1 fully saturated rings. The summed E-state index contributed by atoms with van der Waals surface area (Å²) < 4.78 is 63.3. The van der Waals surface area contributed by atoms with E-state index in [2.05, 4.69) is 0 Å². The highest BCUT2D eigenvalue weighted by molar-refractivity contribution is 7.91. The third kappa shape index (κ3) is 3.72. The minimum Gasteiger partial charge on any atom is -0.224 e. The fraction of sp³-hybridized carbons (Fsp3) is 0.538. The summed E-state index contributed by atoms with van der Waals surface area (Å²) in [6, 6.07) is 4.46. The molecule has 1 saturated carbocycles. The number of rotatable bonds is 3. The van der Waals surface area contributed by atoms with E-state index in [4.69, 9.17) is 0 Å². The van der Waals surface area contributed by atoms with Gasteiger partial charge in [-0.15, -0.1) is 0 Å². The lowest BCUT2D eigenvalue weighted by atomic mass is 9.88. The second-order valence-electron chi connectivity index (χ2n) is 5.05. The van der Waals surface area contributed by atoms with Crippen LogP contribution >= 0.6 is 0 Å². The van der Waals surface area contributed by atoms with Crippen molar-refractivity contribution in [2.45, 2.75) is 36.5 Å². The Balaban J connectivity index is 2.11. The zero-order chi connectivity index (χ0) is 14.1. The van der Waals surface area contributed by atoms with Crippen LogP contribution in [0.4, 0.5) is 13.2 Å². The summed E-state index contributed by atoms with van der Waals surface area (Å²) in [5.74, 6) is -4.11. The van der Waals surface area contributed by atoms with Crippen molar-refractivity contribution < 1.29 is 21.6 Å². The third-order valence-electron chi connectivity index (χ3n) is 3.37. The van der Waals surface area contributed by atoms with Crippen molar-refractivity contribution in [1.29, 1.82) is 0 Å². The minimum atomic E-state index is -3.63. The Morgan fingerprint density at radius 2 is 1.84 bits per heavy atom.